The van der Waals surface area contributed by atoms with Gasteiger partial charge in [-0.05, 0) is 74.9 Å². The van der Waals surface area contributed by atoms with E-state index in [9.17, 15) is 126 Å². The molecule has 124 heavy (non-hydrogen) atoms. The summed E-state index contributed by atoms with van der Waals surface area (Å²) in [5, 5.41) is 81.6. The summed E-state index contributed by atoms with van der Waals surface area (Å²) in [5.74, 6) is -31.4. The molecule has 0 aliphatic carbocycles. The molecule has 46 nitrogen and oxygen atoms in total. The highest BCUT2D eigenvalue weighted by Gasteiger charge is 2.41. The van der Waals surface area contributed by atoms with Crippen molar-refractivity contribution >= 4 is 147 Å². The minimum Gasteiger partial charge on any atom is -0.481 e. The molecule has 3 heterocycles. The van der Waals surface area contributed by atoms with Crippen molar-refractivity contribution in [3.05, 3.63) is 89.7 Å². The number of aliphatic hydroxyl groups excluding tert-OH is 1. The number of esters is 1. The Bertz CT molecular complexity index is 4580. The molecule has 15 amide bonds. The summed E-state index contributed by atoms with van der Waals surface area (Å²) in [4.78, 5) is 296. The maximum atomic E-state index is 15.0. The Balaban J connectivity index is 1.64. The standard InChI is InChI=1S/C78H105N19O27/c1-5-6-7-8-9-10-11-24-57(101)89-48(28-41-34-84-46-22-15-13-18-42(41)46)72(117)92-49(30-56(80)100)73(118)94-52(33-63(110)111)74(119)97-65-40(4)124-78(123)53(29-55(99)43-19-12-14-21-45(43)79)95-77(122)64(38(2)27-60(104)105)96-75(120)54(37-98)90-59(103)35-85-69(114)50(31-61(106)107)91-67(112)39(3)87-71(116)51(32-62(108)109)93-70(115)47(88-58(102)36-86-76(65)121)23-17-26-83-68(113)44-20-16-25-82-66(44)81/h12-16,18-22,25,34,38-40,47-54,64-65,84,98H,5-11,17,23-24,26-33,35-37,79H2,1-4H3,(H2,80,100)(H2,81,82)(H,83,113)(H,85,114)(H,86,121)(H,87,116)(H,88,102)(H,89,101)(H,90,103)(H,91,112)(H,92,117)(H,93,115)(H,94,118)(H,95,122)(H,96,120)(H,97,119)(H,104,105)(H,106,107)(H,108,109)(H,110,111)/t38-,39-,40?,47+,48+,49+,50+,51?,52+,53+,54-,64?,65?/m1/s1. The van der Waals surface area contributed by atoms with Gasteiger partial charge in [0.2, 0.25) is 82.7 Å². The maximum absolute atomic E-state index is 15.0. The number of rotatable bonds is 37. The number of fused-ring (bicyclic) bond motifs is 1. The van der Waals surface area contributed by atoms with E-state index in [1.165, 1.54) is 42.6 Å². The van der Waals surface area contributed by atoms with Crippen molar-refractivity contribution in [1.82, 2.24) is 84.4 Å². The zero-order chi connectivity index (χ0) is 92.0. The first-order valence-electron chi connectivity index (χ1n) is 39.4. The van der Waals surface area contributed by atoms with Gasteiger partial charge in [-0.15, -0.1) is 0 Å². The van der Waals surface area contributed by atoms with E-state index in [-0.39, 0.29) is 48.4 Å². The SMILES string of the molecule is CCCCCCCCCC(=O)N[C@@H](Cc1c[nH]c2ccccc12)C(=O)N[C@@H](CC(N)=O)C(=O)N[C@@H](CC(=O)O)C(=O)NC1C(=O)NCC(=O)N[C@@H](CCCNC(=O)c2cccnc2N)C(=O)NC(CC(=O)O)C(=O)N[C@H](C)C(=O)N[C@@H](CC(=O)O)C(=O)NCC(=O)N[C@H](CO)C(=O)NC([C@H](C)CC(=O)O)C(=O)N[C@@H](CC(=O)c2ccccc2N)C(=O)OC1C. The summed E-state index contributed by atoms with van der Waals surface area (Å²) in [5.41, 5.74) is 18.1. The number of ether oxygens (including phenoxy) is 1. The number of aromatic amines is 1. The van der Waals surface area contributed by atoms with Crippen molar-refractivity contribution < 1.29 is 131 Å². The van der Waals surface area contributed by atoms with Crippen molar-refractivity contribution in [1.29, 1.82) is 0 Å². The molecule has 1 saturated heterocycles. The fourth-order valence-corrected chi connectivity index (χ4v) is 12.6. The fraction of sp³-hybridized carbons (Fsp3) is 0.487. The summed E-state index contributed by atoms with van der Waals surface area (Å²) in [6.07, 6.45) is -1.75. The molecule has 0 radical (unpaired) electrons. The quantitative estimate of drug-likeness (QED) is 0.00869. The molecule has 13 atom stereocenters. The number of carboxylic acid groups (broad SMARTS) is 4. The first kappa shape index (κ1) is 100. The Morgan fingerprint density at radius 3 is 1.73 bits per heavy atom. The number of aliphatic hydroxyl groups is 1. The van der Waals surface area contributed by atoms with E-state index < -0.39 is 267 Å². The third kappa shape index (κ3) is 33.4. The molecule has 2 aromatic heterocycles. The number of para-hydroxylation sites is 2. The Kier molecular flexibility index (Phi) is 40.5. The molecular weight excluding hydrogens is 1630 g/mol. The summed E-state index contributed by atoms with van der Waals surface area (Å²) >= 11 is 0. The van der Waals surface area contributed by atoms with Crippen molar-refractivity contribution in [3.63, 3.8) is 0 Å². The topological polar surface area (TPSA) is 744 Å². The Morgan fingerprint density at radius 1 is 0.548 bits per heavy atom. The normalized spacial score (nSPS) is 20.4. The van der Waals surface area contributed by atoms with Gasteiger partial charge >= 0.3 is 29.8 Å². The third-order valence-electron chi connectivity index (χ3n) is 19.2. The number of pyridine rings is 1. The molecule has 46 heteroatoms. The number of hydrogen-bond donors (Lipinski definition) is 23. The number of nitrogen functional groups attached to an aromatic ring is 2. The second-order valence-electron chi connectivity index (χ2n) is 29.2. The van der Waals surface area contributed by atoms with Crippen molar-refractivity contribution in [2.45, 2.75) is 209 Å². The van der Waals surface area contributed by atoms with Gasteiger partial charge in [-0.25, -0.2) is 9.78 Å². The minimum absolute atomic E-state index is 0.0329. The summed E-state index contributed by atoms with van der Waals surface area (Å²) in [7, 11) is 0. The Hall–Kier alpha value is -14.2. The summed E-state index contributed by atoms with van der Waals surface area (Å²) in [6.45, 7) is 0.784. The van der Waals surface area contributed by atoms with Gasteiger partial charge in [-0.1, -0.05) is 82.7 Å². The third-order valence-corrected chi connectivity index (χ3v) is 19.2. The number of ketones is 1. The second kappa shape index (κ2) is 50.1. The first-order valence-corrected chi connectivity index (χ1v) is 39.4. The van der Waals surface area contributed by atoms with Crippen LogP contribution in [-0.2, 0) is 102 Å². The predicted molar refractivity (Wildman–Crippen MR) is 432 cm³/mol. The monoisotopic (exact) mass is 1740 g/mol. The number of cyclic esters (lactones) is 1. The van der Waals surface area contributed by atoms with E-state index in [0.29, 0.717) is 29.3 Å². The lowest BCUT2D eigenvalue weighted by Gasteiger charge is -2.30. The minimum atomic E-state index is -2.50. The number of anilines is 2. The Morgan fingerprint density at radius 2 is 1.10 bits per heavy atom. The van der Waals surface area contributed by atoms with Gasteiger partial charge < -0.3 is 127 Å². The van der Waals surface area contributed by atoms with Crippen LogP contribution in [0, 0.1) is 5.92 Å². The number of nitrogens with two attached hydrogens (primary N) is 3. The van der Waals surface area contributed by atoms with Crippen LogP contribution in [0.4, 0.5) is 11.5 Å². The number of benzene rings is 2. The number of amides is 15. The van der Waals surface area contributed by atoms with Crippen LogP contribution in [0.1, 0.15) is 157 Å². The van der Waals surface area contributed by atoms with E-state index in [1.807, 2.05) is 16.0 Å². The van der Waals surface area contributed by atoms with Crippen molar-refractivity contribution in [2.24, 2.45) is 11.7 Å². The van der Waals surface area contributed by atoms with Crippen LogP contribution in [0.15, 0.2) is 73.1 Å². The molecule has 5 rings (SSSR count). The van der Waals surface area contributed by atoms with Gasteiger partial charge in [0.1, 0.15) is 78.4 Å². The Labute approximate surface area is 707 Å². The van der Waals surface area contributed by atoms with Crippen LogP contribution >= 0.6 is 0 Å². The lowest BCUT2D eigenvalue weighted by Crippen LogP contribution is -2.62. The molecule has 0 saturated carbocycles. The molecule has 1 aliphatic rings. The first-order chi connectivity index (χ1) is 58.7. The number of unbranched alkanes of at least 4 members (excludes halogenated alkanes) is 6. The number of Topliss-reactive ketones (excluding diaryl/α,β-unsaturated/α-hetero) is 1. The number of carbonyl (C=O) groups excluding carboxylic acids is 17. The molecule has 4 unspecified atom stereocenters. The number of carboxylic acids is 4. The van der Waals surface area contributed by atoms with Gasteiger partial charge in [-0.2, -0.15) is 0 Å². The fourth-order valence-electron chi connectivity index (χ4n) is 12.6. The summed E-state index contributed by atoms with van der Waals surface area (Å²) in [6, 6.07) is -8.47. The zero-order valence-corrected chi connectivity index (χ0v) is 68.2. The number of hydrogen-bond acceptors (Lipinski definition) is 26. The lowest BCUT2D eigenvalue weighted by molar-refractivity contribution is -0.156. The van der Waals surface area contributed by atoms with Crippen molar-refractivity contribution in [3.8, 4) is 0 Å². The molecule has 0 spiro atoms. The number of primary amides is 1. The number of nitrogens with one attached hydrogen (secondary N) is 15. The number of aliphatic carboxylic acids is 4. The maximum Gasteiger partial charge on any atom is 0.329 e. The molecular formula is C78H105N19O27. The number of aromatic nitrogens is 2. The van der Waals surface area contributed by atoms with Crippen LogP contribution in [0.25, 0.3) is 10.9 Å². The molecule has 4 aromatic rings. The number of nitrogens with zero attached hydrogens (tertiary/aromatic N) is 1. The van der Waals surface area contributed by atoms with Gasteiger partial charge in [0.15, 0.2) is 5.78 Å². The van der Waals surface area contributed by atoms with E-state index >= 15 is 0 Å². The molecule has 674 valence electrons. The van der Waals surface area contributed by atoms with Crippen LogP contribution in [0.5, 0.6) is 0 Å². The highest BCUT2D eigenvalue weighted by molar-refractivity contribution is 6.05. The molecule has 1 fully saturated rings. The van der Waals surface area contributed by atoms with E-state index in [2.05, 4.69) is 75.4 Å². The summed E-state index contributed by atoms with van der Waals surface area (Å²) < 4.78 is 5.71. The molecule has 26 N–H and O–H groups in total. The molecule has 0 bridgehead atoms. The largest absolute Gasteiger partial charge is 0.481 e. The lowest BCUT2D eigenvalue weighted by atomic mass is 9.96. The average molecular weight is 1740 g/mol. The highest BCUT2D eigenvalue weighted by Crippen LogP contribution is 2.22. The second-order valence-corrected chi connectivity index (χ2v) is 29.2. The smallest absolute Gasteiger partial charge is 0.329 e. The van der Waals surface area contributed by atoms with Gasteiger partial charge in [0.05, 0.1) is 57.4 Å². The number of H-pyrrole nitrogens is 1. The van der Waals surface area contributed by atoms with Gasteiger partial charge in [-0.3, -0.25) is 95.9 Å². The van der Waals surface area contributed by atoms with Crippen LogP contribution in [-0.4, -0.2) is 259 Å². The predicted octanol–water partition coefficient (Wildman–Crippen LogP) is -5.17. The van der Waals surface area contributed by atoms with Crippen LogP contribution < -0.4 is 91.6 Å². The molecule has 2 aromatic carbocycles. The van der Waals surface area contributed by atoms with Crippen LogP contribution in [0.2, 0.25) is 0 Å². The molecule has 1 aliphatic heterocycles. The van der Waals surface area contributed by atoms with Gasteiger partial charge in [0, 0.05) is 60.4 Å². The number of carbonyl (C=O) groups is 21. The highest BCUT2D eigenvalue weighted by atomic mass is 16.5. The van der Waals surface area contributed by atoms with Crippen molar-refractivity contribution in [2.75, 3.05) is 37.7 Å². The zero-order valence-electron chi connectivity index (χ0n) is 68.2. The van der Waals surface area contributed by atoms with E-state index in [1.54, 1.807) is 30.5 Å². The van der Waals surface area contributed by atoms with E-state index in [0.717, 1.165) is 52.9 Å². The van der Waals surface area contributed by atoms with E-state index in [4.69, 9.17) is 21.9 Å². The van der Waals surface area contributed by atoms with Crippen LogP contribution in [0.3, 0.4) is 0 Å². The average Bonchev–Trinajstić information content (AvgIpc) is 1.67. The van der Waals surface area contributed by atoms with Gasteiger partial charge in [0.25, 0.3) is 5.91 Å².